The third-order valence-electron chi connectivity index (χ3n) is 2.58. The first kappa shape index (κ1) is 7.35. The number of amides is 1. The largest absolute Gasteiger partial charge is 0.329 e. The molecule has 0 bridgehead atoms. The number of nitrogens with one attached hydrogen (secondary N) is 1. The Bertz CT molecular complexity index is 287. The third-order valence-corrected chi connectivity index (χ3v) is 2.58. The zero-order chi connectivity index (χ0) is 8.55. The van der Waals surface area contributed by atoms with E-state index in [0.717, 1.165) is 18.5 Å². The van der Waals surface area contributed by atoms with Crippen molar-refractivity contribution in [1.82, 2.24) is 5.32 Å². The number of rotatable bonds is 0. The zero-order valence-electron chi connectivity index (χ0n) is 6.71. The van der Waals surface area contributed by atoms with Gasteiger partial charge in [-0.05, 0) is 19.3 Å². The van der Waals surface area contributed by atoms with Crippen LogP contribution in [0.5, 0.6) is 0 Å². The van der Waals surface area contributed by atoms with Gasteiger partial charge in [0.15, 0.2) is 0 Å². The van der Waals surface area contributed by atoms with Crippen LogP contribution in [0.2, 0.25) is 0 Å². The van der Waals surface area contributed by atoms with E-state index in [4.69, 9.17) is 5.26 Å². The van der Waals surface area contributed by atoms with E-state index in [9.17, 15) is 4.79 Å². The van der Waals surface area contributed by atoms with Crippen LogP contribution >= 0.6 is 0 Å². The van der Waals surface area contributed by atoms with Crippen LogP contribution in [0.25, 0.3) is 0 Å². The van der Waals surface area contributed by atoms with Crippen LogP contribution in [0, 0.1) is 23.2 Å². The molecule has 62 valence electrons. The Balaban J connectivity index is 2.17. The monoisotopic (exact) mass is 162 g/mol. The first-order valence-electron chi connectivity index (χ1n) is 4.22. The first-order valence-corrected chi connectivity index (χ1v) is 4.22. The summed E-state index contributed by atoms with van der Waals surface area (Å²) in [4.78, 5) is 11.2. The molecule has 1 N–H and O–H groups in total. The Kier molecular flexibility index (Phi) is 1.61. The average molecular weight is 162 g/mol. The number of nitriles is 1. The van der Waals surface area contributed by atoms with E-state index in [1.807, 2.05) is 6.07 Å². The highest BCUT2D eigenvalue weighted by Gasteiger charge is 2.33. The lowest BCUT2D eigenvalue weighted by Gasteiger charge is -2.24. The van der Waals surface area contributed by atoms with E-state index < -0.39 is 5.92 Å². The molecule has 0 aromatic rings. The van der Waals surface area contributed by atoms with Gasteiger partial charge in [-0.25, -0.2) is 0 Å². The minimum Gasteiger partial charge on any atom is -0.329 e. The summed E-state index contributed by atoms with van der Waals surface area (Å²) >= 11 is 0. The minimum atomic E-state index is -0.426. The fourth-order valence-corrected chi connectivity index (χ4v) is 1.89. The number of hydrogen-bond acceptors (Lipinski definition) is 2. The molecule has 0 aromatic heterocycles. The van der Waals surface area contributed by atoms with Crippen molar-refractivity contribution in [2.45, 2.75) is 19.3 Å². The van der Waals surface area contributed by atoms with Crippen LogP contribution < -0.4 is 5.32 Å². The molecule has 1 heterocycles. The molecule has 1 fully saturated rings. The van der Waals surface area contributed by atoms with Crippen molar-refractivity contribution in [3.05, 3.63) is 11.8 Å². The summed E-state index contributed by atoms with van der Waals surface area (Å²) < 4.78 is 0. The Labute approximate surface area is 71.1 Å². The highest BCUT2D eigenvalue weighted by Crippen LogP contribution is 2.33. The van der Waals surface area contributed by atoms with Crippen molar-refractivity contribution in [3.8, 4) is 6.07 Å². The van der Waals surface area contributed by atoms with Crippen LogP contribution in [-0.4, -0.2) is 5.91 Å². The highest BCUT2D eigenvalue weighted by atomic mass is 16.2. The summed E-state index contributed by atoms with van der Waals surface area (Å²) in [5.74, 6) is -0.112. The molecule has 0 spiro atoms. The second-order valence-corrected chi connectivity index (χ2v) is 3.34. The Hall–Kier alpha value is -1.30. The summed E-state index contributed by atoms with van der Waals surface area (Å²) in [5.41, 5.74) is 1.05. The lowest BCUT2D eigenvalue weighted by Crippen LogP contribution is -2.37. The van der Waals surface area contributed by atoms with Gasteiger partial charge in [-0.1, -0.05) is 6.08 Å². The predicted octanol–water partition coefficient (Wildman–Crippen LogP) is 0.940. The van der Waals surface area contributed by atoms with E-state index in [-0.39, 0.29) is 5.91 Å². The lowest BCUT2D eigenvalue weighted by molar-refractivity contribution is -0.124. The molecule has 1 aliphatic heterocycles. The zero-order valence-corrected chi connectivity index (χ0v) is 6.71. The molecule has 0 radical (unpaired) electrons. The van der Waals surface area contributed by atoms with Gasteiger partial charge in [-0.3, -0.25) is 4.79 Å². The van der Waals surface area contributed by atoms with Crippen molar-refractivity contribution in [2.75, 3.05) is 0 Å². The van der Waals surface area contributed by atoms with Crippen LogP contribution in [0.1, 0.15) is 19.3 Å². The van der Waals surface area contributed by atoms with Gasteiger partial charge in [-0.2, -0.15) is 5.26 Å². The van der Waals surface area contributed by atoms with Crippen molar-refractivity contribution >= 4 is 5.91 Å². The van der Waals surface area contributed by atoms with Gasteiger partial charge in [0.2, 0.25) is 5.91 Å². The normalized spacial score (nSPS) is 33.2. The smallest absolute Gasteiger partial charge is 0.241 e. The Morgan fingerprint density at radius 1 is 1.67 bits per heavy atom. The molecule has 2 unspecified atom stereocenters. The van der Waals surface area contributed by atoms with Gasteiger partial charge in [0, 0.05) is 11.6 Å². The number of piperidine rings is 1. The molecule has 0 saturated carbocycles. The lowest BCUT2D eigenvalue weighted by atomic mass is 9.89. The van der Waals surface area contributed by atoms with Crippen molar-refractivity contribution in [2.24, 2.45) is 11.8 Å². The molecule has 2 atom stereocenters. The SMILES string of the molecule is N#CC1CC2CCC=C2NC1=O. The number of carbonyl (C=O) groups excluding carboxylic acids is 1. The summed E-state index contributed by atoms with van der Waals surface area (Å²) in [5, 5.41) is 11.4. The molecule has 2 rings (SSSR count). The second-order valence-electron chi connectivity index (χ2n) is 3.34. The highest BCUT2D eigenvalue weighted by molar-refractivity contribution is 5.84. The van der Waals surface area contributed by atoms with Crippen molar-refractivity contribution in [3.63, 3.8) is 0 Å². The third kappa shape index (κ3) is 1.00. The van der Waals surface area contributed by atoms with Crippen LogP contribution in [0.3, 0.4) is 0 Å². The first-order chi connectivity index (χ1) is 5.81. The summed E-state index contributed by atoms with van der Waals surface area (Å²) in [6.45, 7) is 0. The van der Waals surface area contributed by atoms with E-state index in [1.54, 1.807) is 0 Å². The number of hydrogen-bond donors (Lipinski definition) is 1. The van der Waals surface area contributed by atoms with Gasteiger partial charge in [-0.15, -0.1) is 0 Å². The molecular formula is C9H10N2O. The summed E-state index contributed by atoms with van der Waals surface area (Å²) in [7, 11) is 0. The number of allylic oxidation sites excluding steroid dienone is 2. The van der Waals surface area contributed by atoms with Gasteiger partial charge in [0.25, 0.3) is 0 Å². The molecule has 1 amide bonds. The summed E-state index contributed by atoms with van der Waals surface area (Å²) in [6, 6.07) is 2.03. The van der Waals surface area contributed by atoms with E-state index >= 15 is 0 Å². The van der Waals surface area contributed by atoms with Crippen molar-refractivity contribution in [1.29, 1.82) is 5.26 Å². The second kappa shape index (κ2) is 2.63. The predicted molar refractivity (Wildman–Crippen MR) is 42.7 cm³/mol. The fourth-order valence-electron chi connectivity index (χ4n) is 1.89. The van der Waals surface area contributed by atoms with Gasteiger partial charge in [0.05, 0.1) is 6.07 Å². The maximum atomic E-state index is 11.2. The number of fused-ring (bicyclic) bond motifs is 1. The standard InChI is InChI=1S/C9H10N2O/c10-5-7-4-6-2-1-3-8(6)11-9(7)12/h3,6-7H,1-2,4H2,(H,11,12). The van der Waals surface area contributed by atoms with Crippen LogP contribution in [-0.2, 0) is 4.79 Å². The van der Waals surface area contributed by atoms with E-state index in [0.29, 0.717) is 12.3 Å². The molecule has 3 nitrogen and oxygen atoms in total. The van der Waals surface area contributed by atoms with Gasteiger partial charge in [0.1, 0.15) is 5.92 Å². The summed E-state index contributed by atoms with van der Waals surface area (Å²) in [6.07, 6.45) is 4.91. The van der Waals surface area contributed by atoms with Gasteiger partial charge >= 0.3 is 0 Å². The van der Waals surface area contributed by atoms with Crippen LogP contribution in [0.4, 0.5) is 0 Å². The van der Waals surface area contributed by atoms with E-state index in [1.165, 1.54) is 0 Å². The molecule has 3 heteroatoms. The molecule has 1 aliphatic carbocycles. The van der Waals surface area contributed by atoms with Crippen LogP contribution in [0.15, 0.2) is 11.8 Å². The molecule has 12 heavy (non-hydrogen) atoms. The molecule has 1 saturated heterocycles. The van der Waals surface area contributed by atoms with Gasteiger partial charge < -0.3 is 5.32 Å². The maximum Gasteiger partial charge on any atom is 0.241 e. The minimum absolute atomic E-state index is 0.123. The quantitative estimate of drug-likeness (QED) is 0.576. The van der Waals surface area contributed by atoms with E-state index in [2.05, 4.69) is 11.4 Å². The molecule has 0 aromatic carbocycles. The topological polar surface area (TPSA) is 52.9 Å². The van der Waals surface area contributed by atoms with Crippen molar-refractivity contribution < 1.29 is 4.79 Å². The average Bonchev–Trinajstić information content (AvgIpc) is 2.49. The number of nitrogens with zero attached hydrogens (tertiary/aromatic N) is 1. The molecular weight excluding hydrogens is 152 g/mol. The number of carbonyl (C=O) groups is 1. The Morgan fingerprint density at radius 2 is 2.50 bits per heavy atom. The maximum absolute atomic E-state index is 11.2. The molecule has 2 aliphatic rings. The fraction of sp³-hybridized carbons (Fsp3) is 0.556. The Morgan fingerprint density at radius 3 is 3.25 bits per heavy atom.